The predicted molar refractivity (Wildman–Crippen MR) is 85.7 cm³/mol. The number of amides is 1. The lowest BCUT2D eigenvalue weighted by Gasteiger charge is -2.00. The van der Waals surface area contributed by atoms with E-state index >= 15 is 0 Å². The fourth-order valence-electron chi connectivity index (χ4n) is 1.66. The van der Waals surface area contributed by atoms with E-state index in [2.05, 4.69) is 22.1 Å². The zero-order chi connectivity index (χ0) is 15.2. The Morgan fingerprint density at radius 1 is 1.43 bits per heavy atom. The minimum atomic E-state index is -0.0932. The molecule has 0 radical (unpaired) electrons. The van der Waals surface area contributed by atoms with E-state index in [1.165, 1.54) is 11.3 Å². The normalized spacial score (nSPS) is 10.0. The van der Waals surface area contributed by atoms with Crippen LogP contribution >= 0.6 is 22.7 Å². The maximum absolute atomic E-state index is 12.1. The van der Waals surface area contributed by atoms with E-state index in [9.17, 15) is 4.79 Å². The number of nitrogens with one attached hydrogen (secondary N) is 1. The summed E-state index contributed by atoms with van der Waals surface area (Å²) in [6.07, 6.45) is 2.23. The molecule has 0 spiro atoms. The molecule has 0 fully saturated rings. The number of thiazole rings is 1. The number of carbonyl (C=O) groups is 1. The van der Waals surface area contributed by atoms with Gasteiger partial charge in [-0.25, -0.2) is 4.98 Å². The second-order valence-corrected chi connectivity index (χ2v) is 6.80. The van der Waals surface area contributed by atoms with Gasteiger partial charge in [-0.15, -0.1) is 22.7 Å². The van der Waals surface area contributed by atoms with Crippen LogP contribution in [0.5, 0.6) is 0 Å². The Morgan fingerprint density at radius 3 is 2.90 bits per heavy atom. The van der Waals surface area contributed by atoms with Gasteiger partial charge in [0.1, 0.15) is 0 Å². The van der Waals surface area contributed by atoms with Gasteiger partial charge in [0.2, 0.25) is 0 Å². The molecule has 0 saturated carbocycles. The van der Waals surface area contributed by atoms with Gasteiger partial charge in [-0.3, -0.25) is 4.79 Å². The number of nitrogens with zero attached hydrogens (tertiary/aromatic N) is 1. The number of aromatic nitrogens is 1. The minimum absolute atomic E-state index is 0.0546. The Labute approximate surface area is 131 Å². The third-order valence-electron chi connectivity index (χ3n) is 2.67. The Hall–Kier alpha value is -1.68. The Balaban J connectivity index is 2.00. The molecule has 2 N–H and O–H groups in total. The number of hydrogen-bond acceptors (Lipinski definition) is 5. The molecule has 6 heteroatoms. The molecule has 2 aromatic rings. The van der Waals surface area contributed by atoms with Crippen LogP contribution in [0.25, 0.3) is 0 Å². The summed E-state index contributed by atoms with van der Waals surface area (Å²) in [4.78, 5) is 18.8. The van der Waals surface area contributed by atoms with Crippen molar-refractivity contribution in [3.63, 3.8) is 0 Å². The molecule has 0 aliphatic carbocycles. The van der Waals surface area contributed by atoms with Crippen LogP contribution in [0.4, 0.5) is 0 Å². The summed E-state index contributed by atoms with van der Waals surface area (Å²) >= 11 is 2.96. The third-order valence-corrected chi connectivity index (χ3v) is 4.74. The lowest BCUT2D eigenvalue weighted by molar-refractivity contribution is 0.0955. The molecule has 2 aromatic heterocycles. The Morgan fingerprint density at radius 2 is 2.24 bits per heavy atom. The zero-order valence-electron chi connectivity index (χ0n) is 11.9. The van der Waals surface area contributed by atoms with Gasteiger partial charge in [-0.05, 0) is 25.5 Å². The van der Waals surface area contributed by atoms with Crippen LogP contribution in [-0.2, 0) is 6.54 Å². The van der Waals surface area contributed by atoms with Gasteiger partial charge in [0.15, 0.2) is 0 Å². The maximum Gasteiger partial charge on any atom is 0.261 e. The van der Waals surface area contributed by atoms with Gasteiger partial charge in [0.25, 0.3) is 5.91 Å². The van der Waals surface area contributed by atoms with Crippen LogP contribution in [0.2, 0.25) is 0 Å². The molecule has 110 valence electrons. The van der Waals surface area contributed by atoms with Crippen LogP contribution in [0, 0.1) is 25.7 Å². The average Bonchev–Trinajstić information content (AvgIpc) is 3.03. The van der Waals surface area contributed by atoms with E-state index in [0.717, 1.165) is 20.3 Å². The van der Waals surface area contributed by atoms with Gasteiger partial charge in [0, 0.05) is 17.5 Å². The van der Waals surface area contributed by atoms with E-state index in [1.54, 1.807) is 17.5 Å². The summed E-state index contributed by atoms with van der Waals surface area (Å²) in [7, 11) is 0. The lowest BCUT2D eigenvalue weighted by atomic mass is 10.2. The molecule has 0 aromatic carbocycles. The van der Waals surface area contributed by atoms with E-state index in [1.807, 2.05) is 19.9 Å². The Kier molecular flexibility index (Phi) is 5.51. The molecular formula is C15H16N2O2S2. The summed E-state index contributed by atoms with van der Waals surface area (Å²) in [5, 5.41) is 12.6. The van der Waals surface area contributed by atoms with E-state index in [4.69, 9.17) is 5.11 Å². The number of hydrogen-bond donors (Lipinski definition) is 2. The van der Waals surface area contributed by atoms with Gasteiger partial charge in [0.05, 0.1) is 27.9 Å². The summed E-state index contributed by atoms with van der Waals surface area (Å²) in [5.74, 6) is 5.77. The highest BCUT2D eigenvalue weighted by Crippen LogP contribution is 2.21. The van der Waals surface area contributed by atoms with Gasteiger partial charge in [-0.2, -0.15) is 0 Å². The van der Waals surface area contributed by atoms with E-state index < -0.39 is 0 Å². The molecule has 21 heavy (non-hydrogen) atoms. The van der Waals surface area contributed by atoms with Crippen molar-refractivity contribution in [1.82, 2.24) is 10.3 Å². The second-order valence-electron chi connectivity index (χ2n) is 4.43. The number of aliphatic hydroxyl groups excluding tert-OH is 1. The van der Waals surface area contributed by atoms with Gasteiger partial charge in [-0.1, -0.05) is 11.8 Å². The first kappa shape index (κ1) is 15.7. The van der Waals surface area contributed by atoms with Crippen LogP contribution < -0.4 is 5.32 Å². The monoisotopic (exact) mass is 320 g/mol. The van der Waals surface area contributed by atoms with Crippen molar-refractivity contribution in [2.45, 2.75) is 26.8 Å². The highest BCUT2D eigenvalue weighted by Gasteiger charge is 2.11. The van der Waals surface area contributed by atoms with Crippen molar-refractivity contribution in [2.24, 2.45) is 0 Å². The Bertz CT molecular complexity index is 692. The van der Waals surface area contributed by atoms with E-state index in [0.29, 0.717) is 17.8 Å². The van der Waals surface area contributed by atoms with Crippen molar-refractivity contribution >= 4 is 28.6 Å². The van der Waals surface area contributed by atoms with Crippen molar-refractivity contribution in [2.75, 3.05) is 6.61 Å². The van der Waals surface area contributed by atoms with Crippen molar-refractivity contribution in [1.29, 1.82) is 0 Å². The summed E-state index contributed by atoms with van der Waals surface area (Å²) < 4.78 is 0. The molecule has 0 aliphatic heterocycles. The first-order valence-corrected chi connectivity index (χ1v) is 8.13. The third kappa shape index (κ3) is 4.39. The molecular weight excluding hydrogens is 304 g/mol. The van der Waals surface area contributed by atoms with Crippen molar-refractivity contribution in [3.8, 4) is 11.8 Å². The van der Waals surface area contributed by atoms with E-state index in [-0.39, 0.29) is 12.5 Å². The number of carbonyl (C=O) groups excluding carboxylic acids is 1. The number of rotatable bonds is 4. The van der Waals surface area contributed by atoms with Crippen LogP contribution in [-0.4, -0.2) is 22.6 Å². The molecule has 1 amide bonds. The van der Waals surface area contributed by atoms with Crippen molar-refractivity contribution < 1.29 is 9.90 Å². The summed E-state index contributed by atoms with van der Waals surface area (Å²) in [6.45, 7) is 4.42. The summed E-state index contributed by atoms with van der Waals surface area (Å²) in [5.41, 5.74) is 0.990. The number of aliphatic hydroxyl groups is 1. The molecule has 0 saturated heterocycles. The second kappa shape index (κ2) is 7.36. The quantitative estimate of drug-likeness (QED) is 0.851. The first-order valence-electron chi connectivity index (χ1n) is 6.50. The molecule has 0 unspecified atom stereocenters. The molecule has 4 nitrogen and oxygen atoms in total. The molecule has 2 rings (SSSR count). The minimum Gasteiger partial charge on any atom is -0.395 e. The largest absolute Gasteiger partial charge is 0.395 e. The highest BCUT2D eigenvalue weighted by atomic mass is 32.1. The standard InChI is InChI=1S/C15H16N2O2S2/c1-10-7-14(21-13(10)5-3-4-6-18)15(19)17-9-12-8-16-11(2)20-12/h7-8,18H,4,6,9H2,1-2H3,(H,17,19). The average molecular weight is 320 g/mol. The fourth-order valence-corrected chi connectivity index (χ4v) is 3.36. The van der Waals surface area contributed by atoms with Gasteiger partial charge >= 0.3 is 0 Å². The zero-order valence-corrected chi connectivity index (χ0v) is 13.5. The SMILES string of the molecule is Cc1ncc(CNC(=O)c2cc(C)c(C#CCCO)s2)s1. The van der Waals surface area contributed by atoms with Crippen LogP contribution in [0.1, 0.15) is 36.4 Å². The predicted octanol–water partition coefficient (Wildman–Crippen LogP) is 2.49. The smallest absolute Gasteiger partial charge is 0.261 e. The van der Waals surface area contributed by atoms with Gasteiger partial charge < -0.3 is 10.4 Å². The van der Waals surface area contributed by atoms with Crippen molar-refractivity contribution in [3.05, 3.63) is 37.5 Å². The maximum atomic E-state index is 12.1. The first-order chi connectivity index (χ1) is 10.1. The number of aryl methyl sites for hydroxylation is 2. The summed E-state index contributed by atoms with van der Waals surface area (Å²) in [6, 6.07) is 1.85. The van der Waals surface area contributed by atoms with Crippen LogP contribution in [0.15, 0.2) is 12.3 Å². The molecule has 0 atom stereocenters. The molecule has 0 aliphatic rings. The highest BCUT2D eigenvalue weighted by molar-refractivity contribution is 7.14. The molecule has 2 heterocycles. The van der Waals surface area contributed by atoms with Crippen LogP contribution in [0.3, 0.4) is 0 Å². The number of thiophene rings is 1. The fraction of sp³-hybridized carbons (Fsp3) is 0.333. The topological polar surface area (TPSA) is 62.2 Å². The molecule has 0 bridgehead atoms. The lowest BCUT2D eigenvalue weighted by Crippen LogP contribution is -2.21.